The number of carboxylic acid groups (broad SMARTS) is 1. The van der Waals surface area contributed by atoms with Gasteiger partial charge in [-0.15, -0.1) is 0 Å². The van der Waals surface area contributed by atoms with E-state index in [0.29, 0.717) is 0 Å². The van der Waals surface area contributed by atoms with Crippen LogP contribution < -0.4 is 0 Å². The molecule has 0 bridgehead atoms. The van der Waals surface area contributed by atoms with Crippen LogP contribution in [-0.2, 0) is 11.2 Å². The summed E-state index contributed by atoms with van der Waals surface area (Å²) in [7, 11) is 0. The molecule has 0 saturated carbocycles. The van der Waals surface area contributed by atoms with E-state index in [4.69, 9.17) is 10.4 Å². The molecule has 0 spiro atoms. The quantitative estimate of drug-likeness (QED) is 0.444. The summed E-state index contributed by atoms with van der Waals surface area (Å²) in [6.45, 7) is 0. The molecule has 1 aromatic rings. The highest BCUT2D eigenvalue weighted by Crippen LogP contribution is 2.09. The van der Waals surface area contributed by atoms with Crippen LogP contribution in [0.2, 0.25) is 0 Å². The first-order valence-electron chi connectivity index (χ1n) is 4.24. The summed E-state index contributed by atoms with van der Waals surface area (Å²) in [6.07, 6.45) is 0.0516. The Labute approximate surface area is 86.7 Å². The van der Waals surface area contributed by atoms with Gasteiger partial charge in [0.25, 0.3) is 0 Å². The van der Waals surface area contributed by atoms with Gasteiger partial charge in [-0.1, -0.05) is 30.3 Å². The Morgan fingerprint density at radius 2 is 1.87 bits per heavy atom. The lowest BCUT2D eigenvalue weighted by atomic mass is 10.1. The fourth-order valence-corrected chi connectivity index (χ4v) is 1.11. The van der Waals surface area contributed by atoms with Gasteiger partial charge in [0.1, 0.15) is 11.8 Å². The van der Waals surface area contributed by atoms with Crippen LogP contribution in [-0.4, -0.2) is 16.2 Å². The van der Waals surface area contributed by atoms with Gasteiger partial charge in [0.2, 0.25) is 0 Å². The predicted octanol–water partition coefficient (Wildman–Crippen LogP) is 1.65. The van der Waals surface area contributed by atoms with Crippen molar-refractivity contribution < 1.29 is 15.0 Å². The molecule has 0 saturated heterocycles. The molecule has 1 aromatic carbocycles. The van der Waals surface area contributed by atoms with Gasteiger partial charge in [-0.3, -0.25) is 0 Å². The first-order chi connectivity index (χ1) is 7.15. The standard InChI is InChI=1S/C11H9NO3/c12-7-9(11(14)15)10(13)6-8-4-2-1-3-5-8/h1-5,13H,6H2,(H,14,15). The minimum absolute atomic E-state index is 0.0516. The van der Waals surface area contributed by atoms with Crippen molar-refractivity contribution in [2.45, 2.75) is 6.42 Å². The zero-order valence-electron chi connectivity index (χ0n) is 7.84. The average Bonchev–Trinajstić information content (AvgIpc) is 2.19. The molecule has 0 atom stereocenters. The fourth-order valence-electron chi connectivity index (χ4n) is 1.11. The van der Waals surface area contributed by atoms with Crippen LogP contribution in [0.3, 0.4) is 0 Å². The number of benzene rings is 1. The molecule has 0 aliphatic heterocycles. The second-order valence-electron chi connectivity index (χ2n) is 2.90. The van der Waals surface area contributed by atoms with Crippen molar-refractivity contribution in [3.8, 4) is 6.07 Å². The molecule has 0 unspecified atom stereocenters. The molecule has 76 valence electrons. The summed E-state index contributed by atoms with van der Waals surface area (Å²) in [4.78, 5) is 10.5. The molecule has 4 nitrogen and oxygen atoms in total. The molecule has 0 aliphatic rings. The second-order valence-corrected chi connectivity index (χ2v) is 2.90. The summed E-state index contributed by atoms with van der Waals surface area (Å²) < 4.78 is 0. The average molecular weight is 203 g/mol. The minimum Gasteiger partial charge on any atom is -0.510 e. The smallest absolute Gasteiger partial charge is 0.349 e. The van der Waals surface area contributed by atoms with Crippen LogP contribution in [0.5, 0.6) is 0 Å². The number of carbonyl (C=O) groups is 1. The highest BCUT2D eigenvalue weighted by Gasteiger charge is 2.13. The molecule has 2 N–H and O–H groups in total. The number of allylic oxidation sites excluding steroid dienone is 1. The Bertz CT molecular complexity index is 429. The maximum absolute atomic E-state index is 10.5. The van der Waals surface area contributed by atoms with Gasteiger partial charge in [-0.25, -0.2) is 4.79 Å². The van der Waals surface area contributed by atoms with Gasteiger partial charge in [0, 0.05) is 6.42 Å². The maximum Gasteiger partial charge on any atom is 0.349 e. The van der Waals surface area contributed by atoms with E-state index in [1.165, 1.54) is 6.07 Å². The van der Waals surface area contributed by atoms with E-state index in [0.717, 1.165) is 5.56 Å². The van der Waals surface area contributed by atoms with Crippen LogP contribution in [0.4, 0.5) is 0 Å². The monoisotopic (exact) mass is 203 g/mol. The summed E-state index contributed by atoms with van der Waals surface area (Å²) in [5.74, 6) is -1.83. The fraction of sp³-hybridized carbons (Fsp3) is 0.0909. The third kappa shape index (κ3) is 2.85. The van der Waals surface area contributed by atoms with E-state index in [-0.39, 0.29) is 6.42 Å². The Balaban J connectivity index is 2.92. The second kappa shape index (κ2) is 4.82. The third-order valence-corrected chi connectivity index (χ3v) is 1.83. The Kier molecular flexibility index (Phi) is 3.47. The summed E-state index contributed by atoms with van der Waals surface area (Å²) in [5, 5.41) is 26.5. The lowest BCUT2D eigenvalue weighted by Gasteiger charge is -2.01. The normalized spacial score (nSPS) is 11.4. The summed E-state index contributed by atoms with van der Waals surface area (Å²) in [5.41, 5.74) is 0.142. The molecule has 0 aromatic heterocycles. The van der Waals surface area contributed by atoms with Gasteiger partial charge in [-0.05, 0) is 5.56 Å². The molecule has 0 heterocycles. The number of aliphatic hydroxyl groups is 1. The number of hydrogen-bond donors (Lipinski definition) is 2. The molecular formula is C11H9NO3. The van der Waals surface area contributed by atoms with Crippen molar-refractivity contribution in [3.05, 3.63) is 47.2 Å². The largest absolute Gasteiger partial charge is 0.510 e. The Morgan fingerprint density at radius 1 is 1.27 bits per heavy atom. The number of carboxylic acids is 1. The van der Waals surface area contributed by atoms with Gasteiger partial charge in [-0.2, -0.15) is 5.26 Å². The van der Waals surface area contributed by atoms with E-state index in [1.54, 1.807) is 24.3 Å². The van der Waals surface area contributed by atoms with Gasteiger partial charge < -0.3 is 10.2 Å². The van der Waals surface area contributed by atoms with Crippen molar-refractivity contribution >= 4 is 5.97 Å². The van der Waals surface area contributed by atoms with Crippen molar-refractivity contribution in [3.63, 3.8) is 0 Å². The lowest BCUT2D eigenvalue weighted by molar-refractivity contribution is -0.132. The minimum atomic E-state index is -1.41. The first kappa shape index (κ1) is 10.8. The number of rotatable bonds is 3. The summed E-state index contributed by atoms with van der Waals surface area (Å²) >= 11 is 0. The van der Waals surface area contributed by atoms with E-state index in [1.807, 2.05) is 6.07 Å². The molecular weight excluding hydrogens is 194 g/mol. The lowest BCUT2D eigenvalue weighted by Crippen LogP contribution is -2.04. The third-order valence-electron chi connectivity index (χ3n) is 1.83. The van der Waals surface area contributed by atoms with Crippen molar-refractivity contribution in [2.24, 2.45) is 0 Å². The van der Waals surface area contributed by atoms with Crippen LogP contribution in [0.15, 0.2) is 41.7 Å². The van der Waals surface area contributed by atoms with Gasteiger partial charge in [0.05, 0.1) is 0 Å². The highest BCUT2D eigenvalue weighted by molar-refractivity contribution is 5.91. The Morgan fingerprint density at radius 3 is 2.33 bits per heavy atom. The summed E-state index contributed by atoms with van der Waals surface area (Å²) in [6, 6.07) is 10.3. The Hall–Kier alpha value is -2.28. The predicted molar refractivity (Wildman–Crippen MR) is 53.0 cm³/mol. The highest BCUT2D eigenvalue weighted by atomic mass is 16.4. The molecule has 0 amide bonds. The maximum atomic E-state index is 10.5. The van der Waals surface area contributed by atoms with Gasteiger partial charge >= 0.3 is 5.97 Å². The van der Waals surface area contributed by atoms with Gasteiger partial charge in [0.15, 0.2) is 5.57 Å². The molecule has 0 radical (unpaired) electrons. The van der Waals surface area contributed by atoms with Crippen LogP contribution in [0.1, 0.15) is 5.56 Å². The topological polar surface area (TPSA) is 81.3 Å². The molecule has 0 aliphatic carbocycles. The van der Waals surface area contributed by atoms with Crippen LogP contribution in [0, 0.1) is 11.3 Å². The van der Waals surface area contributed by atoms with Crippen molar-refractivity contribution in [2.75, 3.05) is 0 Å². The van der Waals surface area contributed by atoms with Crippen LogP contribution in [0.25, 0.3) is 0 Å². The van der Waals surface area contributed by atoms with Crippen molar-refractivity contribution in [1.29, 1.82) is 5.26 Å². The van der Waals surface area contributed by atoms with E-state index >= 15 is 0 Å². The molecule has 15 heavy (non-hydrogen) atoms. The zero-order chi connectivity index (χ0) is 11.3. The number of hydrogen-bond acceptors (Lipinski definition) is 3. The number of aliphatic hydroxyl groups excluding tert-OH is 1. The molecule has 0 fully saturated rings. The van der Waals surface area contributed by atoms with Crippen LogP contribution >= 0.6 is 0 Å². The van der Waals surface area contributed by atoms with Crippen molar-refractivity contribution in [1.82, 2.24) is 0 Å². The van der Waals surface area contributed by atoms with E-state index < -0.39 is 17.3 Å². The van der Waals surface area contributed by atoms with E-state index in [2.05, 4.69) is 0 Å². The molecule has 4 heteroatoms. The first-order valence-corrected chi connectivity index (χ1v) is 4.24. The van der Waals surface area contributed by atoms with E-state index in [9.17, 15) is 9.90 Å². The molecule has 1 rings (SSSR count). The number of nitriles is 1. The SMILES string of the molecule is N#CC(C(=O)O)=C(O)Cc1ccccc1. The zero-order valence-corrected chi connectivity index (χ0v) is 7.84. The number of aliphatic carboxylic acids is 1. The number of nitrogens with zero attached hydrogens (tertiary/aromatic N) is 1.